The number of amides is 1. The molecule has 4 aromatic rings. The molecule has 3 aromatic heterocycles. The number of piperazine rings is 2. The molecule has 0 spiro atoms. The van der Waals surface area contributed by atoms with Gasteiger partial charge in [0.15, 0.2) is 0 Å². The summed E-state index contributed by atoms with van der Waals surface area (Å²) in [6.45, 7) is 17.2. The van der Waals surface area contributed by atoms with E-state index in [1.807, 2.05) is 37.4 Å². The number of nitrogens with one attached hydrogen (secondary N) is 3. The number of aryl methyl sites for hydroxylation is 1. The van der Waals surface area contributed by atoms with E-state index >= 15 is 0 Å². The monoisotopic (exact) mass is 601 g/mol. The van der Waals surface area contributed by atoms with Gasteiger partial charge in [0.25, 0.3) is 5.91 Å². The minimum Gasteiger partial charge on any atom is -0.492 e. The van der Waals surface area contributed by atoms with E-state index in [1.165, 1.54) is 0 Å². The zero-order chi connectivity index (χ0) is 31.0. The van der Waals surface area contributed by atoms with Crippen molar-refractivity contribution in [2.45, 2.75) is 65.3 Å². The first-order valence-electron chi connectivity index (χ1n) is 16.0. The topological polar surface area (TPSA) is 104 Å². The fourth-order valence-corrected chi connectivity index (χ4v) is 6.65. The largest absolute Gasteiger partial charge is 0.492 e. The Labute approximate surface area is 259 Å². The number of fused-ring (bicyclic) bond motifs is 2. The fourth-order valence-electron chi connectivity index (χ4n) is 6.65. The van der Waals surface area contributed by atoms with Gasteiger partial charge in [-0.3, -0.25) is 23.7 Å². The third-order valence-electron chi connectivity index (χ3n) is 9.43. The van der Waals surface area contributed by atoms with E-state index in [-0.39, 0.29) is 11.9 Å². The summed E-state index contributed by atoms with van der Waals surface area (Å²) in [5.41, 5.74) is 3.78. The molecule has 6 rings (SSSR count). The quantitative estimate of drug-likeness (QED) is 0.269. The van der Waals surface area contributed by atoms with E-state index in [1.54, 1.807) is 10.6 Å². The summed E-state index contributed by atoms with van der Waals surface area (Å²) in [6.07, 6.45) is 3.47. The van der Waals surface area contributed by atoms with Gasteiger partial charge >= 0.3 is 0 Å². The highest BCUT2D eigenvalue weighted by molar-refractivity contribution is 6.08. The molecule has 2 unspecified atom stereocenters. The number of ether oxygens (including phenoxy) is 1. The first-order valence-corrected chi connectivity index (χ1v) is 16.0. The highest BCUT2D eigenvalue weighted by Crippen LogP contribution is 2.28. The number of hydrogen-bond donors (Lipinski definition) is 3. The van der Waals surface area contributed by atoms with Crippen molar-refractivity contribution in [1.29, 1.82) is 0 Å². The van der Waals surface area contributed by atoms with Crippen LogP contribution in [-0.2, 0) is 6.54 Å². The standard InChI is InChI=1S/C33H47N9O2/c1-21(2)28-16-34-15-25(36-28)20-42-29-9-7-8-27(32(29)24(5)38-42)37-33(43)30-17-35-31-14-26(10-11-41(30)31)44-13-12-40-18-22(3)39(6)23(4)19-40/h7-11,14,17,21-23,25,28,34,36H,12-13,15-16,18-20H2,1-6H3,(H,37,43)/t22-,23+,25?,28?. The molecule has 1 amide bonds. The smallest absolute Gasteiger partial charge is 0.274 e. The lowest BCUT2D eigenvalue weighted by molar-refractivity contribution is 0.0522. The van der Waals surface area contributed by atoms with Crippen LogP contribution in [-0.4, -0.2) is 105 Å². The maximum Gasteiger partial charge on any atom is 0.274 e. The molecule has 2 fully saturated rings. The Morgan fingerprint density at radius 1 is 1.16 bits per heavy atom. The Morgan fingerprint density at radius 2 is 1.95 bits per heavy atom. The number of pyridine rings is 1. The molecule has 0 saturated carbocycles. The second kappa shape index (κ2) is 12.8. The predicted molar refractivity (Wildman–Crippen MR) is 175 cm³/mol. The fraction of sp³-hybridized carbons (Fsp3) is 0.545. The molecular weight excluding hydrogens is 554 g/mol. The van der Waals surface area contributed by atoms with Crippen molar-refractivity contribution in [3.63, 3.8) is 0 Å². The molecule has 0 radical (unpaired) electrons. The maximum atomic E-state index is 13.5. The Hall–Kier alpha value is -3.51. The lowest BCUT2D eigenvalue weighted by Gasteiger charge is -2.42. The summed E-state index contributed by atoms with van der Waals surface area (Å²) in [6, 6.07) is 11.6. The molecule has 44 heavy (non-hydrogen) atoms. The lowest BCUT2D eigenvalue weighted by atomic mass is 10.0. The van der Waals surface area contributed by atoms with Gasteiger partial charge in [-0.15, -0.1) is 0 Å². The van der Waals surface area contributed by atoms with E-state index in [0.717, 1.165) is 67.3 Å². The van der Waals surface area contributed by atoms with E-state index in [2.05, 4.69) is 76.2 Å². The van der Waals surface area contributed by atoms with E-state index in [0.29, 0.717) is 42.0 Å². The van der Waals surface area contributed by atoms with Gasteiger partial charge in [0.05, 0.1) is 29.6 Å². The van der Waals surface area contributed by atoms with Crippen LogP contribution in [0.2, 0.25) is 0 Å². The highest BCUT2D eigenvalue weighted by Gasteiger charge is 2.27. The highest BCUT2D eigenvalue weighted by atomic mass is 16.5. The number of carbonyl (C=O) groups is 1. The first-order chi connectivity index (χ1) is 21.2. The van der Waals surface area contributed by atoms with Gasteiger partial charge in [0.2, 0.25) is 0 Å². The summed E-state index contributed by atoms with van der Waals surface area (Å²) in [5, 5.41) is 16.3. The number of carbonyl (C=O) groups excluding carboxylic acids is 1. The maximum absolute atomic E-state index is 13.5. The van der Waals surface area contributed by atoms with Gasteiger partial charge in [0.1, 0.15) is 23.7 Å². The molecule has 3 N–H and O–H groups in total. The number of imidazole rings is 1. The summed E-state index contributed by atoms with van der Waals surface area (Å²) in [4.78, 5) is 22.9. The van der Waals surface area contributed by atoms with E-state index in [9.17, 15) is 4.79 Å². The van der Waals surface area contributed by atoms with Crippen molar-refractivity contribution in [3.05, 3.63) is 54.1 Å². The summed E-state index contributed by atoms with van der Waals surface area (Å²) in [5.74, 6) is 1.09. The average molecular weight is 602 g/mol. The minimum atomic E-state index is -0.220. The number of nitrogens with zero attached hydrogens (tertiary/aromatic N) is 6. The zero-order valence-corrected chi connectivity index (χ0v) is 26.9. The molecule has 1 aromatic carbocycles. The SMILES string of the molecule is Cc1nn(CC2CNCC(C(C)C)N2)c2cccc(NC(=O)c3cnc4cc(OCCN5C[C@@H](C)N(C)[C@@H](C)C5)ccn34)c12. The molecule has 2 aliphatic rings. The Balaban J connectivity index is 1.12. The summed E-state index contributed by atoms with van der Waals surface area (Å²) < 4.78 is 9.95. The van der Waals surface area contributed by atoms with Crippen LogP contribution < -0.4 is 20.7 Å². The predicted octanol–water partition coefficient (Wildman–Crippen LogP) is 3.23. The number of aromatic nitrogens is 4. The normalized spacial score (nSPS) is 23.5. The molecule has 5 heterocycles. The molecule has 4 atom stereocenters. The van der Waals surface area contributed by atoms with Crippen molar-refractivity contribution < 1.29 is 9.53 Å². The van der Waals surface area contributed by atoms with Crippen LogP contribution in [0, 0.1) is 12.8 Å². The van der Waals surface area contributed by atoms with Crippen LogP contribution in [0.3, 0.4) is 0 Å². The average Bonchev–Trinajstić information content (AvgIpc) is 3.57. The molecule has 0 bridgehead atoms. The molecule has 11 heteroatoms. The van der Waals surface area contributed by atoms with Gasteiger partial charge in [-0.05, 0) is 51.9 Å². The number of anilines is 1. The van der Waals surface area contributed by atoms with Gasteiger partial charge < -0.3 is 20.7 Å². The van der Waals surface area contributed by atoms with Gasteiger partial charge in [-0.2, -0.15) is 5.10 Å². The second-order valence-corrected chi connectivity index (χ2v) is 13.0. The van der Waals surface area contributed by atoms with Crippen LogP contribution in [0.4, 0.5) is 5.69 Å². The molecular formula is C33H47N9O2. The van der Waals surface area contributed by atoms with Crippen LogP contribution in [0.1, 0.15) is 43.9 Å². The Kier molecular flexibility index (Phi) is 8.91. The number of likely N-dealkylation sites (N-methyl/N-ethyl adjacent to an activating group) is 1. The van der Waals surface area contributed by atoms with Crippen LogP contribution in [0.5, 0.6) is 5.75 Å². The molecule has 0 aliphatic carbocycles. The summed E-state index contributed by atoms with van der Waals surface area (Å²) in [7, 11) is 2.20. The Bertz CT molecular complexity index is 1600. The zero-order valence-electron chi connectivity index (χ0n) is 26.9. The second-order valence-electron chi connectivity index (χ2n) is 13.0. The van der Waals surface area contributed by atoms with Crippen LogP contribution in [0.25, 0.3) is 16.6 Å². The van der Waals surface area contributed by atoms with Gasteiger partial charge in [-0.1, -0.05) is 19.9 Å². The van der Waals surface area contributed by atoms with Crippen molar-refractivity contribution >= 4 is 28.1 Å². The van der Waals surface area contributed by atoms with Crippen LogP contribution in [0.15, 0.2) is 42.7 Å². The summed E-state index contributed by atoms with van der Waals surface area (Å²) >= 11 is 0. The van der Waals surface area contributed by atoms with Crippen molar-refractivity contribution in [2.24, 2.45) is 5.92 Å². The lowest BCUT2D eigenvalue weighted by Crippen LogP contribution is -2.58. The molecule has 11 nitrogen and oxygen atoms in total. The van der Waals surface area contributed by atoms with Crippen LogP contribution >= 0.6 is 0 Å². The number of hydrogen-bond acceptors (Lipinski definition) is 8. The number of rotatable bonds is 9. The van der Waals surface area contributed by atoms with Crippen molar-refractivity contribution in [1.82, 2.24) is 39.6 Å². The Morgan fingerprint density at radius 3 is 2.73 bits per heavy atom. The van der Waals surface area contributed by atoms with Gasteiger partial charge in [-0.25, -0.2) is 4.98 Å². The third kappa shape index (κ3) is 6.32. The van der Waals surface area contributed by atoms with Gasteiger partial charge in [0, 0.05) is 74.5 Å². The minimum absolute atomic E-state index is 0.220. The number of benzene rings is 1. The van der Waals surface area contributed by atoms with E-state index < -0.39 is 0 Å². The molecule has 236 valence electrons. The molecule has 2 saturated heterocycles. The first kappa shape index (κ1) is 30.5. The third-order valence-corrected chi connectivity index (χ3v) is 9.43. The molecule has 2 aliphatic heterocycles. The van der Waals surface area contributed by atoms with Crippen molar-refractivity contribution in [3.8, 4) is 5.75 Å². The van der Waals surface area contributed by atoms with Crippen molar-refractivity contribution in [2.75, 3.05) is 51.7 Å². The van der Waals surface area contributed by atoms with E-state index in [4.69, 9.17) is 9.84 Å².